The van der Waals surface area contributed by atoms with Crippen molar-refractivity contribution in [1.29, 1.82) is 0 Å². The molecular weight excluding hydrogens is 432 g/mol. The van der Waals surface area contributed by atoms with Gasteiger partial charge in [0, 0.05) is 15.7 Å². The van der Waals surface area contributed by atoms with Crippen LogP contribution in [0.5, 0.6) is 5.75 Å². The van der Waals surface area contributed by atoms with Crippen molar-refractivity contribution < 1.29 is 13.9 Å². The van der Waals surface area contributed by atoms with E-state index in [1.54, 1.807) is 24.3 Å². The van der Waals surface area contributed by atoms with E-state index in [-0.39, 0.29) is 5.91 Å². The number of oxazole rings is 1. The molecule has 5 nitrogen and oxygen atoms in total. The number of nitrogens with one attached hydrogen (secondary N) is 1. The fraction of sp³-hybridized carbons (Fsp3) is 0.130. The van der Waals surface area contributed by atoms with E-state index in [0.717, 1.165) is 21.2 Å². The van der Waals surface area contributed by atoms with Gasteiger partial charge in [0.15, 0.2) is 5.58 Å². The van der Waals surface area contributed by atoms with Crippen LogP contribution >= 0.6 is 15.9 Å². The van der Waals surface area contributed by atoms with Gasteiger partial charge < -0.3 is 14.5 Å². The van der Waals surface area contributed by atoms with Crippen molar-refractivity contribution in [3.63, 3.8) is 0 Å². The molecule has 0 fully saturated rings. The van der Waals surface area contributed by atoms with Crippen LogP contribution in [-0.4, -0.2) is 18.0 Å². The normalized spacial score (nSPS) is 10.9. The minimum atomic E-state index is -0.263. The Bertz CT molecular complexity index is 1210. The van der Waals surface area contributed by atoms with Gasteiger partial charge in [0.1, 0.15) is 11.3 Å². The molecule has 0 radical (unpaired) electrons. The van der Waals surface area contributed by atoms with Gasteiger partial charge in [0.05, 0.1) is 12.7 Å². The Labute approximate surface area is 176 Å². The second-order valence-electron chi connectivity index (χ2n) is 6.88. The molecule has 1 amide bonds. The molecule has 1 aromatic heterocycles. The first kappa shape index (κ1) is 19.2. The number of nitrogens with zero attached hydrogens (tertiary/aromatic N) is 1. The van der Waals surface area contributed by atoms with E-state index in [1.165, 1.54) is 7.11 Å². The Hall–Kier alpha value is -3.12. The van der Waals surface area contributed by atoms with Gasteiger partial charge in [-0.1, -0.05) is 33.1 Å². The number of halogens is 1. The summed E-state index contributed by atoms with van der Waals surface area (Å²) < 4.78 is 12.0. The van der Waals surface area contributed by atoms with E-state index in [0.29, 0.717) is 34.0 Å². The largest absolute Gasteiger partial charge is 0.496 e. The number of amides is 1. The molecule has 1 N–H and O–H groups in total. The Morgan fingerprint density at radius 3 is 2.52 bits per heavy atom. The maximum absolute atomic E-state index is 12.7. The van der Waals surface area contributed by atoms with Crippen LogP contribution in [0.2, 0.25) is 0 Å². The van der Waals surface area contributed by atoms with Gasteiger partial charge >= 0.3 is 0 Å². The molecule has 0 aliphatic rings. The number of aryl methyl sites for hydroxylation is 2. The van der Waals surface area contributed by atoms with Crippen molar-refractivity contribution in [1.82, 2.24) is 4.98 Å². The van der Waals surface area contributed by atoms with E-state index in [2.05, 4.69) is 32.3 Å². The van der Waals surface area contributed by atoms with E-state index in [9.17, 15) is 4.79 Å². The number of fused-ring (bicyclic) bond motifs is 1. The van der Waals surface area contributed by atoms with E-state index in [4.69, 9.17) is 9.15 Å². The highest BCUT2D eigenvalue weighted by Gasteiger charge is 2.15. The Morgan fingerprint density at radius 2 is 1.79 bits per heavy atom. The number of rotatable bonds is 4. The summed E-state index contributed by atoms with van der Waals surface area (Å²) in [6.07, 6.45) is 0. The lowest BCUT2D eigenvalue weighted by molar-refractivity contribution is 0.102. The molecule has 0 atom stereocenters. The number of hydrogen-bond acceptors (Lipinski definition) is 4. The van der Waals surface area contributed by atoms with Crippen LogP contribution in [0.3, 0.4) is 0 Å². The average Bonchev–Trinajstić information content (AvgIpc) is 3.10. The molecule has 0 aliphatic heterocycles. The van der Waals surface area contributed by atoms with Crippen molar-refractivity contribution in [2.45, 2.75) is 13.8 Å². The number of benzene rings is 3. The van der Waals surface area contributed by atoms with Gasteiger partial charge in [-0.3, -0.25) is 4.79 Å². The minimum Gasteiger partial charge on any atom is -0.496 e. The fourth-order valence-electron chi connectivity index (χ4n) is 3.28. The molecule has 0 unspecified atom stereocenters. The van der Waals surface area contributed by atoms with Crippen molar-refractivity contribution in [2.24, 2.45) is 0 Å². The third-order valence-electron chi connectivity index (χ3n) is 4.52. The molecule has 0 spiro atoms. The van der Waals surface area contributed by atoms with Crippen molar-refractivity contribution in [3.05, 3.63) is 75.8 Å². The molecule has 0 bridgehead atoms. The lowest BCUT2D eigenvalue weighted by Crippen LogP contribution is -2.13. The van der Waals surface area contributed by atoms with Gasteiger partial charge in [-0.15, -0.1) is 0 Å². The molecule has 146 valence electrons. The smallest absolute Gasteiger partial charge is 0.259 e. The Balaban J connectivity index is 1.64. The highest BCUT2D eigenvalue weighted by atomic mass is 79.9. The zero-order valence-corrected chi connectivity index (χ0v) is 17.8. The van der Waals surface area contributed by atoms with E-state index < -0.39 is 0 Å². The van der Waals surface area contributed by atoms with Crippen molar-refractivity contribution >= 4 is 38.6 Å². The second kappa shape index (κ2) is 7.72. The maximum atomic E-state index is 12.7. The van der Waals surface area contributed by atoms with Crippen LogP contribution in [0.15, 0.2) is 63.5 Å². The number of ether oxygens (including phenoxy) is 1. The predicted octanol–water partition coefficient (Wildman–Crippen LogP) is 6.14. The Morgan fingerprint density at radius 1 is 1.03 bits per heavy atom. The summed E-state index contributed by atoms with van der Waals surface area (Å²) in [7, 11) is 1.54. The number of methoxy groups -OCH3 is 1. The van der Waals surface area contributed by atoms with Crippen LogP contribution < -0.4 is 10.1 Å². The first-order valence-electron chi connectivity index (χ1n) is 9.07. The molecule has 6 heteroatoms. The lowest BCUT2D eigenvalue weighted by Gasteiger charge is -2.09. The summed E-state index contributed by atoms with van der Waals surface area (Å²) in [5, 5.41) is 2.90. The number of anilines is 1. The summed E-state index contributed by atoms with van der Waals surface area (Å²) in [6.45, 7) is 4.09. The molecule has 4 rings (SSSR count). The third kappa shape index (κ3) is 4.03. The highest BCUT2D eigenvalue weighted by molar-refractivity contribution is 9.10. The molecule has 29 heavy (non-hydrogen) atoms. The molecule has 4 aromatic rings. The first-order valence-corrected chi connectivity index (χ1v) is 9.86. The number of hydrogen-bond donors (Lipinski definition) is 1. The Kier molecular flexibility index (Phi) is 5.11. The van der Waals surface area contributed by atoms with Crippen LogP contribution in [0.4, 0.5) is 5.69 Å². The van der Waals surface area contributed by atoms with Gasteiger partial charge in [-0.05, 0) is 62.4 Å². The lowest BCUT2D eigenvalue weighted by atomic mass is 10.1. The van der Waals surface area contributed by atoms with Crippen LogP contribution in [0, 0.1) is 13.8 Å². The second-order valence-corrected chi connectivity index (χ2v) is 7.79. The van der Waals surface area contributed by atoms with Gasteiger partial charge in [-0.25, -0.2) is 4.98 Å². The maximum Gasteiger partial charge on any atom is 0.259 e. The zero-order chi connectivity index (χ0) is 20.5. The fourth-order valence-corrected chi connectivity index (χ4v) is 3.64. The third-order valence-corrected chi connectivity index (χ3v) is 5.01. The van der Waals surface area contributed by atoms with Gasteiger partial charge in [-0.2, -0.15) is 0 Å². The molecule has 0 aliphatic carbocycles. The number of carbonyl (C=O) groups excluding carboxylic acids is 1. The first-order chi connectivity index (χ1) is 13.9. The molecule has 3 aromatic carbocycles. The molecule has 0 saturated heterocycles. The summed E-state index contributed by atoms with van der Waals surface area (Å²) in [5.74, 6) is 0.801. The average molecular weight is 451 g/mol. The highest BCUT2D eigenvalue weighted by Crippen LogP contribution is 2.28. The van der Waals surface area contributed by atoms with Crippen LogP contribution in [0.25, 0.3) is 22.6 Å². The molecule has 1 heterocycles. The van der Waals surface area contributed by atoms with Crippen LogP contribution in [0.1, 0.15) is 21.5 Å². The van der Waals surface area contributed by atoms with E-state index in [1.807, 2.05) is 38.1 Å². The van der Waals surface area contributed by atoms with Crippen molar-refractivity contribution in [3.8, 4) is 17.2 Å². The standard InChI is InChI=1S/C23H19BrN2O3/c1-13-8-14(2)10-15(9-13)23-26-19-12-17(5-7-21(19)29-23)25-22(27)18-11-16(24)4-6-20(18)28-3/h4-12H,1-3H3,(H,25,27). The number of aromatic nitrogens is 1. The zero-order valence-electron chi connectivity index (χ0n) is 16.2. The minimum absolute atomic E-state index is 0.263. The summed E-state index contributed by atoms with van der Waals surface area (Å²) in [6, 6.07) is 16.9. The predicted molar refractivity (Wildman–Crippen MR) is 118 cm³/mol. The summed E-state index contributed by atoms with van der Waals surface area (Å²) in [5.41, 5.74) is 5.65. The van der Waals surface area contributed by atoms with E-state index >= 15 is 0 Å². The summed E-state index contributed by atoms with van der Waals surface area (Å²) >= 11 is 3.39. The van der Waals surface area contributed by atoms with Crippen molar-refractivity contribution in [2.75, 3.05) is 12.4 Å². The molecule has 0 saturated carbocycles. The summed E-state index contributed by atoms with van der Waals surface area (Å²) in [4.78, 5) is 17.3. The van der Waals surface area contributed by atoms with Crippen LogP contribution in [-0.2, 0) is 0 Å². The number of carbonyl (C=O) groups is 1. The molecular formula is C23H19BrN2O3. The van der Waals surface area contributed by atoms with Gasteiger partial charge in [0.25, 0.3) is 5.91 Å². The monoisotopic (exact) mass is 450 g/mol. The SMILES string of the molecule is COc1ccc(Br)cc1C(=O)Nc1ccc2oc(-c3cc(C)cc(C)c3)nc2c1. The quantitative estimate of drug-likeness (QED) is 0.405. The topological polar surface area (TPSA) is 64.4 Å². The van der Waals surface area contributed by atoms with Gasteiger partial charge in [0.2, 0.25) is 5.89 Å².